The molecule has 0 spiro atoms. The van der Waals surface area contributed by atoms with E-state index < -0.39 is 0 Å². The van der Waals surface area contributed by atoms with Gasteiger partial charge in [0.2, 0.25) is 11.8 Å². The van der Waals surface area contributed by atoms with Gasteiger partial charge in [0.1, 0.15) is 0 Å². The predicted octanol–water partition coefficient (Wildman–Crippen LogP) is 3.82. The van der Waals surface area contributed by atoms with Crippen LogP contribution in [-0.2, 0) is 21.4 Å². The van der Waals surface area contributed by atoms with Crippen LogP contribution < -0.4 is 5.32 Å². The van der Waals surface area contributed by atoms with E-state index in [-0.39, 0.29) is 23.3 Å². The van der Waals surface area contributed by atoms with Crippen molar-refractivity contribution in [3.63, 3.8) is 0 Å². The Kier molecular flexibility index (Phi) is 7.24. The highest BCUT2D eigenvalue weighted by atomic mass is 16.2. The number of nitrogens with zero attached hydrogens (tertiary/aromatic N) is 1. The van der Waals surface area contributed by atoms with Crippen molar-refractivity contribution in [2.45, 2.75) is 77.7 Å². The number of nitrogens with one attached hydrogen (secondary N) is 1. The van der Waals surface area contributed by atoms with E-state index in [9.17, 15) is 9.59 Å². The van der Waals surface area contributed by atoms with Crippen LogP contribution in [0.15, 0.2) is 24.3 Å². The number of amides is 2. The number of carbonyl (C=O) groups is 2. The van der Waals surface area contributed by atoms with Crippen molar-refractivity contribution in [3.8, 4) is 0 Å². The molecule has 1 aromatic carbocycles. The molecule has 144 valence electrons. The van der Waals surface area contributed by atoms with Crippen molar-refractivity contribution >= 4 is 11.8 Å². The minimum absolute atomic E-state index is 0.103. The highest BCUT2D eigenvalue weighted by Gasteiger charge is 2.24. The zero-order chi connectivity index (χ0) is 19.2. The van der Waals surface area contributed by atoms with Crippen LogP contribution in [0.2, 0.25) is 0 Å². The van der Waals surface area contributed by atoms with Gasteiger partial charge >= 0.3 is 0 Å². The van der Waals surface area contributed by atoms with Gasteiger partial charge in [-0.2, -0.15) is 0 Å². The van der Waals surface area contributed by atoms with Gasteiger partial charge in [0.15, 0.2) is 0 Å². The molecule has 1 aliphatic heterocycles. The Balaban J connectivity index is 1.82. The third-order valence-corrected chi connectivity index (χ3v) is 5.06. The normalized spacial score (nSPS) is 17.8. The van der Waals surface area contributed by atoms with E-state index in [1.165, 1.54) is 11.1 Å². The molecule has 0 radical (unpaired) electrons. The Morgan fingerprint density at radius 3 is 2.46 bits per heavy atom. The lowest BCUT2D eigenvalue weighted by atomic mass is 9.86. The van der Waals surface area contributed by atoms with Crippen LogP contribution in [0.3, 0.4) is 0 Å². The number of likely N-dealkylation sites (tertiary alicyclic amines) is 1. The average molecular weight is 359 g/mol. The molecule has 1 aromatic rings. The molecule has 1 heterocycles. The number of hydrogen-bond donors (Lipinski definition) is 1. The highest BCUT2D eigenvalue weighted by Crippen LogP contribution is 2.22. The first kappa shape index (κ1) is 20.5. The molecular weight excluding hydrogens is 324 g/mol. The third kappa shape index (κ3) is 6.15. The van der Waals surface area contributed by atoms with Crippen molar-refractivity contribution in [3.05, 3.63) is 35.4 Å². The summed E-state index contributed by atoms with van der Waals surface area (Å²) in [5.74, 6) is 0.296. The number of benzene rings is 1. The summed E-state index contributed by atoms with van der Waals surface area (Å²) in [5.41, 5.74) is 2.67. The lowest BCUT2D eigenvalue weighted by molar-refractivity contribution is -0.133. The molecule has 1 aliphatic rings. The van der Waals surface area contributed by atoms with E-state index in [1.807, 2.05) is 11.8 Å². The zero-order valence-corrected chi connectivity index (χ0v) is 16.8. The summed E-state index contributed by atoms with van der Waals surface area (Å²) in [6, 6.07) is 8.72. The van der Waals surface area contributed by atoms with Crippen LogP contribution in [0.25, 0.3) is 0 Å². The summed E-state index contributed by atoms with van der Waals surface area (Å²) in [4.78, 5) is 26.3. The van der Waals surface area contributed by atoms with E-state index in [0.29, 0.717) is 19.4 Å². The van der Waals surface area contributed by atoms with Crippen LogP contribution in [0, 0.1) is 0 Å². The Morgan fingerprint density at radius 1 is 1.15 bits per heavy atom. The molecule has 4 heteroatoms. The molecule has 1 unspecified atom stereocenters. The van der Waals surface area contributed by atoms with Crippen LogP contribution >= 0.6 is 0 Å². The molecule has 0 aliphatic carbocycles. The maximum absolute atomic E-state index is 12.6. The Morgan fingerprint density at radius 2 is 1.85 bits per heavy atom. The van der Waals surface area contributed by atoms with Gasteiger partial charge in [0.25, 0.3) is 0 Å². The fourth-order valence-electron chi connectivity index (χ4n) is 3.43. The third-order valence-electron chi connectivity index (χ3n) is 5.06. The summed E-state index contributed by atoms with van der Waals surface area (Å²) in [5, 5.41) is 3.07. The lowest BCUT2D eigenvalue weighted by Gasteiger charge is -2.33. The highest BCUT2D eigenvalue weighted by molar-refractivity contribution is 5.78. The maximum atomic E-state index is 12.6. The maximum Gasteiger partial charge on any atom is 0.222 e. The molecule has 1 saturated heterocycles. The minimum Gasteiger partial charge on any atom is -0.352 e. The largest absolute Gasteiger partial charge is 0.352 e. The molecule has 0 aromatic heterocycles. The molecule has 4 nitrogen and oxygen atoms in total. The quantitative estimate of drug-likeness (QED) is 0.840. The summed E-state index contributed by atoms with van der Waals surface area (Å²) in [6.07, 6.45) is 4.65. The van der Waals surface area contributed by atoms with E-state index in [4.69, 9.17) is 0 Å². The van der Waals surface area contributed by atoms with Crippen molar-refractivity contribution in [1.82, 2.24) is 10.2 Å². The minimum atomic E-state index is 0.103. The Hall–Kier alpha value is -1.84. The van der Waals surface area contributed by atoms with Gasteiger partial charge < -0.3 is 10.2 Å². The van der Waals surface area contributed by atoms with Gasteiger partial charge in [-0.25, -0.2) is 0 Å². The average Bonchev–Trinajstić information content (AvgIpc) is 2.59. The SMILES string of the molecule is CCCC(=O)NC1CCCN(C(=O)CCc2ccc(C(C)(C)C)cc2)C1. The monoisotopic (exact) mass is 358 g/mol. The molecule has 0 saturated carbocycles. The van der Waals surface area contributed by atoms with E-state index in [0.717, 1.165) is 32.2 Å². The van der Waals surface area contributed by atoms with Crippen LogP contribution in [-0.4, -0.2) is 35.8 Å². The van der Waals surface area contributed by atoms with E-state index >= 15 is 0 Å². The first-order chi connectivity index (χ1) is 12.3. The number of hydrogen-bond acceptors (Lipinski definition) is 2. The van der Waals surface area contributed by atoms with Gasteiger partial charge in [0, 0.05) is 32.0 Å². The second-order valence-corrected chi connectivity index (χ2v) is 8.44. The first-order valence-electron chi connectivity index (χ1n) is 9.96. The standard InChI is InChI=1S/C22H34N2O2/c1-5-7-20(25)23-19-8-6-15-24(16-19)21(26)14-11-17-9-12-18(13-10-17)22(2,3)4/h9-10,12-13,19H,5-8,11,14-16H2,1-4H3,(H,23,25). The van der Waals surface area contributed by atoms with Crippen molar-refractivity contribution in [2.24, 2.45) is 0 Å². The van der Waals surface area contributed by atoms with E-state index in [1.54, 1.807) is 0 Å². The topological polar surface area (TPSA) is 49.4 Å². The van der Waals surface area contributed by atoms with Crippen LogP contribution in [0.4, 0.5) is 0 Å². The van der Waals surface area contributed by atoms with Crippen LogP contribution in [0.1, 0.15) is 70.9 Å². The van der Waals surface area contributed by atoms with Gasteiger partial charge in [-0.05, 0) is 42.2 Å². The molecule has 1 atom stereocenters. The van der Waals surface area contributed by atoms with Gasteiger partial charge in [0.05, 0.1) is 0 Å². The van der Waals surface area contributed by atoms with Crippen molar-refractivity contribution in [1.29, 1.82) is 0 Å². The molecule has 26 heavy (non-hydrogen) atoms. The van der Waals surface area contributed by atoms with E-state index in [2.05, 4.69) is 50.4 Å². The van der Waals surface area contributed by atoms with Crippen LogP contribution in [0.5, 0.6) is 0 Å². The Bertz CT molecular complexity index is 602. The van der Waals surface area contributed by atoms with Gasteiger partial charge in [-0.15, -0.1) is 0 Å². The number of piperidine rings is 1. The van der Waals surface area contributed by atoms with Crippen molar-refractivity contribution < 1.29 is 9.59 Å². The van der Waals surface area contributed by atoms with Crippen molar-refractivity contribution in [2.75, 3.05) is 13.1 Å². The summed E-state index contributed by atoms with van der Waals surface area (Å²) in [6.45, 7) is 10.1. The second kappa shape index (κ2) is 9.20. The van der Waals surface area contributed by atoms with Gasteiger partial charge in [-0.3, -0.25) is 9.59 Å². The smallest absolute Gasteiger partial charge is 0.222 e. The zero-order valence-electron chi connectivity index (χ0n) is 16.8. The molecule has 2 amide bonds. The molecule has 1 N–H and O–H groups in total. The lowest BCUT2D eigenvalue weighted by Crippen LogP contribution is -2.49. The van der Waals surface area contributed by atoms with Gasteiger partial charge in [-0.1, -0.05) is 52.0 Å². The fourth-order valence-corrected chi connectivity index (χ4v) is 3.43. The molecule has 0 bridgehead atoms. The number of aryl methyl sites for hydroxylation is 1. The summed E-state index contributed by atoms with van der Waals surface area (Å²) in [7, 11) is 0. The summed E-state index contributed by atoms with van der Waals surface area (Å²) < 4.78 is 0. The fraction of sp³-hybridized carbons (Fsp3) is 0.636. The predicted molar refractivity (Wildman–Crippen MR) is 106 cm³/mol. The molecular formula is C22H34N2O2. The molecule has 2 rings (SSSR count). The number of rotatable bonds is 6. The second-order valence-electron chi connectivity index (χ2n) is 8.44. The first-order valence-corrected chi connectivity index (χ1v) is 9.96. The summed E-state index contributed by atoms with van der Waals surface area (Å²) >= 11 is 0. The Labute approximate surface area is 158 Å². The molecule has 1 fully saturated rings. The number of carbonyl (C=O) groups excluding carboxylic acids is 2.